The van der Waals surface area contributed by atoms with Gasteiger partial charge in [-0.05, 0) is 67.9 Å². The minimum absolute atomic E-state index is 0.174. The first-order valence-corrected chi connectivity index (χ1v) is 13.5. The van der Waals surface area contributed by atoms with E-state index in [1.165, 1.54) is 0 Å². The van der Waals surface area contributed by atoms with E-state index in [4.69, 9.17) is 36.9 Å². The van der Waals surface area contributed by atoms with Crippen molar-refractivity contribution in [3.8, 4) is 11.3 Å². The summed E-state index contributed by atoms with van der Waals surface area (Å²) in [5, 5.41) is 5.49. The van der Waals surface area contributed by atoms with Gasteiger partial charge in [-0.2, -0.15) is 4.98 Å². The Morgan fingerprint density at radius 1 is 1.08 bits per heavy atom. The molecule has 1 aliphatic heterocycles. The Morgan fingerprint density at radius 2 is 1.84 bits per heavy atom. The summed E-state index contributed by atoms with van der Waals surface area (Å²) in [5.74, 6) is 2.35. The third kappa shape index (κ3) is 4.23. The normalized spacial score (nSPS) is 23.2. The standard InChI is InChI=1S/C28H25Cl2N3O4/c29-21-2-1-3-22(30)25(21)26-20(27(37-32-26)16-5-6-16)14-35-19-9-17-11-33(12-18(17)10-19)28-31-23-7-4-15(13-34)8-24(23)36-28/h1-4,7-8,13,16-19H,5-6,9-12,14H2. The van der Waals surface area contributed by atoms with Crippen molar-refractivity contribution in [2.24, 2.45) is 11.8 Å². The molecule has 1 saturated heterocycles. The van der Waals surface area contributed by atoms with Crippen LogP contribution in [0.4, 0.5) is 6.01 Å². The van der Waals surface area contributed by atoms with Gasteiger partial charge in [0.2, 0.25) is 0 Å². The minimum atomic E-state index is 0.174. The minimum Gasteiger partial charge on any atom is -0.423 e. The summed E-state index contributed by atoms with van der Waals surface area (Å²) < 4.78 is 18.3. The molecule has 0 bridgehead atoms. The summed E-state index contributed by atoms with van der Waals surface area (Å²) in [4.78, 5) is 17.9. The van der Waals surface area contributed by atoms with Crippen molar-refractivity contribution in [3.63, 3.8) is 0 Å². The number of aromatic nitrogens is 2. The lowest BCUT2D eigenvalue weighted by Crippen LogP contribution is -2.23. The second-order valence-electron chi connectivity index (χ2n) is 10.4. The SMILES string of the molecule is O=Cc1ccc2nc(N3CC4CC(OCc5c(-c6c(Cl)cccc6Cl)noc5C5CC5)CC4C3)oc2c1. The van der Waals surface area contributed by atoms with Crippen LogP contribution in [-0.4, -0.2) is 35.6 Å². The lowest BCUT2D eigenvalue weighted by atomic mass is 10.0. The Bertz CT molecular complexity index is 1460. The highest BCUT2D eigenvalue weighted by Crippen LogP contribution is 2.47. The van der Waals surface area contributed by atoms with E-state index in [-0.39, 0.29) is 6.10 Å². The smallest absolute Gasteiger partial charge is 0.298 e. The molecule has 2 saturated carbocycles. The molecule has 3 aliphatic rings. The summed E-state index contributed by atoms with van der Waals surface area (Å²) in [5.41, 5.74) is 4.37. The third-order valence-electron chi connectivity index (χ3n) is 7.95. The molecule has 37 heavy (non-hydrogen) atoms. The highest BCUT2D eigenvalue weighted by Gasteiger charge is 2.43. The van der Waals surface area contributed by atoms with Crippen molar-refractivity contribution in [2.45, 2.75) is 44.3 Å². The van der Waals surface area contributed by atoms with Crippen LogP contribution in [0.1, 0.15) is 53.3 Å². The van der Waals surface area contributed by atoms with Crippen LogP contribution in [0.3, 0.4) is 0 Å². The van der Waals surface area contributed by atoms with Gasteiger partial charge in [0.15, 0.2) is 5.58 Å². The maximum atomic E-state index is 11.1. The predicted octanol–water partition coefficient (Wildman–Crippen LogP) is 6.91. The number of hydrogen-bond acceptors (Lipinski definition) is 7. The van der Waals surface area contributed by atoms with Gasteiger partial charge in [0.1, 0.15) is 23.3 Å². The monoisotopic (exact) mass is 537 g/mol. The van der Waals surface area contributed by atoms with Crippen LogP contribution >= 0.6 is 23.2 Å². The molecule has 0 radical (unpaired) electrons. The predicted molar refractivity (Wildman–Crippen MR) is 140 cm³/mol. The third-order valence-corrected chi connectivity index (χ3v) is 8.58. The molecule has 2 aromatic heterocycles. The number of carbonyl (C=O) groups is 1. The number of oxazole rings is 1. The zero-order valence-corrected chi connectivity index (χ0v) is 21.5. The lowest BCUT2D eigenvalue weighted by molar-refractivity contribution is 0.0402. The van der Waals surface area contributed by atoms with Gasteiger partial charge in [0, 0.05) is 35.7 Å². The molecule has 2 aromatic carbocycles. The van der Waals surface area contributed by atoms with E-state index >= 15 is 0 Å². The fraction of sp³-hybridized carbons (Fsp3) is 0.393. The molecule has 0 spiro atoms. The van der Waals surface area contributed by atoms with Crippen LogP contribution in [0, 0.1) is 11.8 Å². The van der Waals surface area contributed by atoms with Crippen LogP contribution in [0.25, 0.3) is 22.4 Å². The first kappa shape index (κ1) is 23.3. The molecule has 9 heteroatoms. The number of anilines is 1. The second kappa shape index (κ2) is 9.15. The zero-order valence-electron chi connectivity index (χ0n) is 20.0. The first-order chi connectivity index (χ1) is 18.1. The maximum Gasteiger partial charge on any atom is 0.298 e. The Balaban J connectivity index is 1.04. The molecule has 3 fully saturated rings. The number of carbonyl (C=O) groups excluding carboxylic acids is 1. The van der Waals surface area contributed by atoms with Crippen LogP contribution in [0.5, 0.6) is 0 Å². The van der Waals surface area contributed by atoms with Crippen LogP contribution in [0.2, 0.25) is 10.0 Å². The maximum absolute atomic E-state index is 11.1. The lowest BCUT2D eigenvalue weighted by Gasteiger charge is -2.18. The van der Waals surface area contributed by atoms with E-state index in [1.807, 2.05) is 24.3 Å². The molecule has 0 N–H and O–H groups in total. The van der Waals surface area contributed by atoms with E-state index in [0.717, 1.165) is 61.9 Å². The number of hydrogen-bond donors (Lipinski definition) is 0. The van der Waals surface area contributed by atoms with Crippen molar-refractivity contribution in [3.05, 3.63) is 63.3 Å². The molecule has 2 aliphatic carbocycles. The summed E-state index contributed by atoms with van der Waals surface area (Å²) in [6, 6.07) is 11.4. The van der Waals surface area contributed by atoms with E-state index in [1.54, 1.807) is 12.1 Å². The average molecular weight is 538 g/mol. The van der Waals surface area contributed by atoms with Crippen molar-refractivity contribution in [1.82, 2.24) is 10.1 Å². The van der Waals surface area contributed by atoms with Gasteiger partial charge < -0.3 is 18.6 Å². The number of ether oxygens (including phenoxy) is 1. The Labute approximate surface area is 223 Å². The number of nitrogens with zero attached hydrogens (tertiary/aromatic N) is 3. The van der Waals surface area contributed by atoms with Crippen molar-refractivity contribution in [1.29, 1.82) is 0 Å². The molecule has 7 rings (SSSR count). The Kier molecular flexibility index (Phi) is 5.75. The summed E-state index contributed by atoms with van der Waals surface area (Å²) >= 11 is 13.0. The second-order valence-corrected chi connectivity index (χ2v) is 11.2. The average Bonchev–Trinajstić information content (AvgIpc) is 3.19. The van der Waals surface area contributed by atoms with Gasteiger partial charge >= 0.3 is 0 Å². The summed E-state index contributed by atoms with van der Waals surface area (Å²) in [7, 11) is 0. The van der Waals surface area contributed by atoms with Crippen LogP contribution in [0.15, 0.2) is 45.3 Å². The molecule has 0 amide bonds. The quantitative estimate of drug-likeness (QED) is 0.237. The molecule has 4 aromatic rings. The molecule has 190 valence electrons. The largest absolute Gasteiger partial charge is 0.423 e. The van der Waals surface area contributed by atoms with Crippen molar-refractivity contribution < 1.29 is 18.5 Å². The van der Waals surface area contributed by atoms with E-state index in [9.17, 15) is 4.79 Å². The Hall–Kier alpha value is -2.87. The number of rotatable bonds is 7. The van der Waals surface area contributed by atoms with E-state index < -0.39 is 0 Å². The van der Waals surface area contributed by atoms with Crippen molar-refractivity contribution in [2.75, 3.05) is 18.0 Å². The fourth-order valence-corrected chi connectivity index (χ4v) is 6.50. The van der Waals surface area contributed by atoms with Gasteiger partial charge in [-0.25, -0.2) is 0 Å². The molecule has 7 nitrogen and oxygen atoms in total. The molecular weight excluding hydrogens is 513 g/mol. The summed E-state index contributed by atoms with van der Waals surface area (Å²) in [6.07, 6.45) is 5.18. The van der Waals surface area contributed by atoms with Gasteiger partial charge in [-0.1, -0.05) is 34.4 Å². The van der Waals surface area contributed by atoms with Crippen LogP contribution < -0.4 is 4.90 Å². The van der Waals surface area contributed by atoms with Gasteiger partial charge in [-0.3, -0.25) is 4.79 Å². The van der Waals surface area contributed by atoms with Gasteiger partial charge in [0.05, 0.1) is 22.8 Å². The molecular formula is C28H25Cl2N3O4. The Morgan fingerprint density at radius 3 is 2.54 bits per heavy atom. The van der Waals surface area contributed by atoms with E-state index in [0.29, 0.717) is 62.8 Å². The zero-order chi connectivity index (χ0) is 25.1. The van der Waals surface area contributed by atoms with E-state index in [2.05, 4.69) is 15.0 Å². The molecule has 2 atom stereocenters. The highest BCUT2D eigenvalue weighted by molar-refractivity contribution is 6.39. The van der Waals surface area contributed by atoms with Crippen LogP contribution in [-0.2, 0) is 11.3 Å². The topological polar surface area (TPSA) is 81.6 Å². The number of halogens is 2. The van der Waals surface area contributed by atoms with Crippen molar-refractivity contribution >= 4 is 46.6 Å². The first-order valence-electron chi connectivity index (χ1n) is 12.7. The number of aldehydes is 1. The highest BCUT2D eigenvalue weighted by atomic mass is 35.5. The summed E-state index contributed by atoms with van der Waals surface area (Å²) in [6.45, 7) is 2.21. The fourth-order valence-electron chi connectivity index (χ4n) is 5.92. The number of benzene rings is 2. The number of fused-ring (bicyclic) bond motifs is 2. The molecule has 3 heterocycles. The van der Waals surface area contributed by atoms with Gasteiger partial charge in [0.25, 0.3) is 6.01 Å². The molecule has 2 unspecified atom stereocenters. The van der Waals surface area contributed by atoms with Gasteiger partial charge in [-0.15, -0.1) is 0 Å².